The molecule has 42 heavy (non-hydrogen) atoms. The Morgan fingerprint density at radius 2 is 1.79 bits per heavy atom. The molecule has 9 nitrogen and oxygen atoms in total. The highest BCUT2D eigenvalue weighted by molar-refractivity contribution is 5.80. The molecule has 0 bridgehead atoms. The average Bonchev–Trinajstić information content (AvgIpc) is 3.22. The predicted molar refractivity (Wildman–Crippen MR) is 164 cm³/mol. The predicted octanol–water partition coefficient (Wildman–Crippen LogP) is 5.58. The molecule has 1 aliphatic heterocycles. The minimum Gasteiger partial charge on any atom is -0.494 e. The van der Waals surface area contributed by atoms with Crippen molar-refractivity contribution in [1.82, 2.24) is 19.9 Å². The number of anilines is 6. The Kier molecular flexibility index (Phi) is 7.87. The van der Waals surface area contributed by atoms with E-state index in [4.69, 9.17) is 15.5 Å². The summed E-state index contributed by atoms with van der Waals surface area (Å²) in [6.07, 6.45) is 3.18. The fraction of sp³-hybridized carbons (Fsp3) is 0.323. The highest BCUT2D eigenvalue weighted by Crippen LogP contribution is 2.45. The van der Waals surface area contributed by atoms with Gasteiger partial charge in [0.2, 0.25) is 5.95 Å². The van der Waals surface area contributed by atoms with Gasteiger partial charge in [-0.2, -0.15) is 4.98 Å². The number of benzene rings is 2. The molecule has 3 N–H and O–H groups in total. The molecule has 0 atom stereocenters. The maximum atomic E-state index is 14.6. The molecule has 2 aromatic carbocycles. The number of nitrogen functional groups attached to an aromatic ring is 1. The number of aromatic nitrogens is 3. The topological polar surface area (TPSA) is 95.7 Å². The molecule has 2 aromatic heterocycles. The van der Waals surface area contributed by atoms with E-state index < -0.39 is 11.6 Å². The minimum absolute atomic E-state index is 0.108. The zero-order chi connectivity index (χ0) is 30.2. The molecule has 0 radical (unpaired) electrons. The molecular formula is C31H36F2N8O. The number of nitrogens with two attached hydrogens (primary N) is 1. The van der Waals surface area contributed by atoms with Gasteiger partial charge in [-0.1, -0.05) is 19.9 Å². The average molecular weight is 575 g/mol. The van der Waals surface area contributed by atoms with Crippen LogP contribution in [0.4, 0.5) is 43.3 Å². The van der Waals surface area contributed by atoms with Crippen LogP contribution in [0.25, 0.3) is 11.1 Å². The molecule has 11 heteroatoms. The minimum atomic E-state index is -0.641. The summed E-state index contributed by atoms with van der Waals surface area (Å²) >= 11 is 0. The van der Waals surface area contributed by atoms with E-state index in [1.54, 1.807) is 25.4 Å². The number of pyridine rings is 1. The Labute approximate surface area is 245 Å². The number of likely N-dealkylation sites (N-methyl/N-ethyl adjacent to an activating group) is 2. The molecule has 4 aromatic rings. The number of ether oxygens (including phenoxy) is 1. The number of nitrogens with zero attached hydrogens (tertiary/aromatic N) is 6. The molecule has 0 saturated heterocycles. The van der Waals surface area contributed by atoms with Crippen molar-refractivity contribution in [2.45, 2.75) is 19.3 Å². The summed E-state index contributed by atoms with van der Waals surface area (Å²) in [5.74, 6) is 0.265. The van der Waals surface area contributed by atoms with Gasteiger partial charge in [0.05, 0.1) is 41.1 Å². The Morgan fingerprint density at radius 3 is 2.48 bits per heavy atom. The first-order valence-corrected chi connectivity index (χ1v) is 13.6. The highest BCUT2D eigenvalue weighted by atomic mass is 19.1. The van der Waals surface area contributed by atoms with Gasteiger partial charge in [-0.25, -0.2) is 13.8 Å². The van der Waals surface area contributed by atoms with Crippen molar-refractivity contribution in [2.75, 3.05) is 68.7 Å². The Morgan fingerprint density at radius 1 is 1.05 bits per heavy atom. The number of nitrogens with one attached hydrogen (secondary N) is 1. The van der Waals surface area contributed by atoms with Crippen molar-refractivity contribution in [2.24, 2.45) is 0 Å². The van der Waals surface area contributed by atoms with Gasteiger partial charge in [0, 0.05) is 56.1 Å². The number of hydrogen-bond acceptors (Lipinski definition) is 9. The zero-order valence-corrected chi connectivity index (χ0v) is 24.7. The molecule has 0 amide bonds. The van der Waals surface area contributed by atoms with Crippen LogP contribution >= 0.6 is 0 Å². The molecule has 1 aliphatic rings. The van der Waals surface area contributed by atoms with Crippen molar-refractivity contribution < 1.29 is 13.5 Å². The van der Waals surface area contributed by atoms with E-state index >= 15 is 0 Å². The van der Waals surface area contributed by atoms with Crippen molar-refractivity contribution in [3.63, 3.8) is 0 Å². The first kappa shape index (κ1) is 29.0. The molecule has 220 valence electrons. The maximum Gasteiger partial charge on any atom is 0.229 e. The first-order chi connectivity index (χ1) is 20.0. The van der Waals surface area contributed by atoms with Crippen LogP contribution in [0, 0.1) is 11.6 Å². The summed E-state index contributed by atoms with van der Waals surface area (Å²) in [5, 5.41) is 3.25. The lowest BCUT2D eigenvalue weighted by molar-refractivity contribution is 0.413. The van der Waals surface area contributed by atoms with Crippen LogP contribution in [0.3, 0.4) is 0 Å². The zero-order valence-electron chi connectivity index (χ0n) is 24.7. The van der Waals surface area contributed by atoms with Crippen LogP contribution in [-0.2, 0) is 5.41 Å². The van der Waals surface area contributed by atoms with Gasteiger partial charge < -0.3 is 30.5 Å². The second kappa shape index (κ2) is 11.4. The van der Waals surface area contributed by atoms with E-state index in [-0.39, 0.29) is 11.0 Å². The molecule has 5 rings (SSSR count). The van der Waals surface area contributed by atoms with Gasteiger partial charge >= 0.3 is 0 Å². The number of methoxy groups -OCH3 is 1. The van der Waals surface area contributed by atoms with Gasteiger partial charge in [-0.3, -0.25) is 4.98 Å². The Bertz CT molecular complexity index is 1590. The monoisotopic (exact) mass is 574 g/mol. The second-order valence-corrected chi connectivity index (χ2v) is 11.4. The van der Waals surface area contributed by atoms with Crippen LogP contribution in [0.2, 0.25) is 0 Å². The molecular weight excluding hydrogens is 538 g/mol. The smallest absolute Gasteiger partial charge is 0.229 e. The summed E-state index contributed by atoms with van der Waals surface area (Å²) in [6, 6.07) is 11.1. The van der Waals surface area contributed by atoms with Crippen molar-refractivity contribution in [3.8, 4) is 16.9 Å². The fourth-order valence-electron chi connectivity index (χ4n) is 5.18. The standard InChI is InChI=1S/C31H36F2N8O/c1-31(2)18-41(25-14-19(17-36-29(25)31)28-20(32)8-7-9-21(28)33)27-10-11-35-30(38-27)37-23-15-22(34)24(16-26(23)42-6)40(5)13-12-39(3)4/h7-11,14-17H,12-13,18,34H2,1-6H3,(H,35,37,38). The van der Waals surface area contributed by atoms with E-state index in [0.717, 1.165) is 30.2 Å². The fourth-order valence-corrected chi connectivity index (χ4v) is 5.18. The molecule has 0 unspecified atom stereocenters. The molecule has 0 saturated carbocycles. The van der Waals surface area contributed by atoms with E-state index in [9.17, 15) is 8.78 Å². The number of hydrogen-bond donors (Lipinski definition) is 2. The van der Waals surface area contributed by atoms with Crippen LogP contribution < -0.4 is 25.6 Å². The maximum absolute atomic E-state index is 14.6. The normalized spacial score (nSPS) is 13.8. The number of halogens is 2. The van der Waals surface area contributed by atoms with Gasteiger partial charge in [0.1, 0.15) is 23.2 Å². The lowest BCUT2D eigenvalue weighted by atomic mass is 9.91. The molecule has 0 aliphatic carbocycles. The Balaban J connectivity index is 1.46. The van der Waals surface area contributed by atoms with Crippen LogP contribution in [0.5, 0.6) is 5.75 Å². The molecule has 3 heterocycles. The first-order valence-electron chi connectivity index (χ1n) is 13.6. The van der Waals surface area contributed by atoms with Gasteiger partial charge in [-0.15, -0.1) is 0 Å². The van der Waals surface area contributed by atoms with E-state index in [1.807, 2.05) is 38.2 Å². The van der Waals surface area contributed by atoms with Crippen molar-refractivity contribution >= 4 is 34.5 Å². The summed E-state index contributed by atoms with van der Waals surface area (Å²) in [5.41, 5.74) is 9.99. The third kappa shape index (κ3) is 5.64. The van der Waals surface area contributed by atoms with Crippen molar-refractivity contribution in [3.05, 3.63) is 72.2 Å². The van der Waals surface area contributed by atoms with E-state index in [2.05, 4.69) is 38.9 Å². The number of fused-ring (bicyclic) bond motifs is 1. The summed E-state index contributed by atoms with van der Waals surface area (Å²) in [6.45, 7) is 6.40. The largest absolute Gasteiger partial charge is 0.494 e. The highest BCUT2D eigenvalue weighted by Gasteiger charge is 2.38. The third-order valence-corrected chi connectivity index (χ3v) is 7.41. The quantitative estimate of drug-likeness (QED) is 0.249. The van der Waals surface area contributed by atoms with Crippen LogP contribution in [0.1, 0.15) is 19.5 Å². The SMILES string of the molecule is COc1cc(N(C)CCN(C)C)c(N)cc1Nc1nccc(N2CC(C)(C)c3ncc(-c4c(F)cccc4F)cc32)n1. The summed E-state index contributed by atoms with van der Waals surface area (Å²) < 4.78 is 34.9. The number of rotatable bonds is 9. The van der Waals surface area contributed by atoms with Gasteiger partial charge in [0.25, 0.3) is 0 Å². The second-order valence-electron chi connectivity index (χ2n) is 11.4. The molecule has 0 fully saturated rings. The summed E-state index contributed by atoms with van der Waals surface area (Å²) in [7, 11) is 7.65. The summed E-state index contributed by atoms with van der Waals surface area (Å²) in [4.78, 5) is 20.0. The van der Waals surface area contributed by atoms with Crippen LogP contribution in [-0.4, -0.2) is 67.7 Å². The molecule has 0 spiro atoms. The van der Waals surface area contributed by atoms with Crippen LogP contribution in [0.15, 0.2) is 54.9 Å². The van der Waals surface area contributed by atoms with Gasteiger partial charge in [0.15, 0.2) is 0 Å². The lowest BCUT2D eigenvalue weighted by Gasteiger charge is -2.24. The Hall–Kier alpha value is -4.51. The van der Waals surface area contributed by atoms with Gasteiger partial charge in [-0.05, 0) is 44.4 Å². The third-order valence-electron chi connectivity index (χ3n) is 7.41. The van der Waals surface area contributed by atoms with E-state index in [0.29, 0.717) is 41.0 Å². The van der Waals surface area contributed by atoms with Crippen molar-refractivity contribution in [1.29, 1.82) is 0 Å². The van der Waals surface area contributed by atoms with E-state index in [1.165, 1.54) is 24.4 Å². The lowest BCUT2D eigenvalue weighted by Crippen LogP contribution is -2.29.